The zero-order valence-corrected chi connectivity index (χ0v) is 8.11. The second-order valence-corrected chi connectivity index (χ2v) is 3.74. The van der Waals surface area contributed by atoms with Crippen LogP contribution < -0.4 is 5.73 Å². The molecule has 0 aromatic heterocycles. The molecule has 0 radical (unpaired) electrons. The minimum atomic E-state index is -0.240. The molecular weight excluding hydrogens is 185 g/mol. The van der Waals surface area contributed by atoms with Crippen LogP contribution in [0.3, 0.4) is 0 Å². The lowest BCUT2D eigenvalue weighted by molar-refractivity contribution is 0.624. The van der Waals surface area contributed by atoms with E-state index >= 15 is 0 Å². The van der Waals surface area contributed by atoms with Crippen molar-refractivity contribution in [1.29, 1.82) is 0 Å². The zero-order valence-electron chi connectivity index (χ0n) is 7.29. The fourth-order valence-electron chi connectivity index (χ4n) is 0.885. The fraction of sp³-hybridized carbons (Fsp3) is 0.200. The number of nitrogens with two attached hydrogens (primary N) is 1. The van der Waals surface area contributed by atoms with Gasteiger partial charge < -0.3 is 5.73 Å². The molecular formula is C10H12FNS. The molecule has 0 aliphatic heterocycles. The average Bonchev–Trinajstić information content (AvgIpc) is 2.11. The Morgan fingerprint density at radius 3 is 3.00 bits per heavy atom. The van der Waals surface area contributed by atoms with Crippen molar-refractivity contribution in [2.24, 2.45) is 0 Å². The Balaban J connectivity index is 2.64. The van der Waals surface area contributed by atoms with Crippen molar-refractivity contribution in [2.45, 2.75) is 11.3 Å². The number of allylic oxidation sites excluding steroid dienone is 1. The largest absolute Gasteiger partial charge is 0.398 e. The molecule has 1 aromatic rings. The van der Waals surface area contributed by atoms with Gasteiger partial charge in [0.05, 0.1) is 0 Å². The van der Waals surface area contributed by atoms with Crippen molar-refractivity contribution in [3.63, 3.8) is 0 Å². The van der Waals surface area contributed by atoms with Crippen LogP contribution in [0.1, 0.15) is 6.42 Å². The summed E-state index contributed by atoms with van der Waals surface area (Å²) in [5.74, 6) is 0.646. The smallest absolute Gasteiger partial charge is 0.124 e. The second-order valence-electron chi connectivity index (χ2n) is 2.61. The van der Waals surface area contributed by atoms with E-state index in [1.54, 1.807) is 17.8 Å². The summed E-state index contributed by atoms with van der Waals surface area (Å²) in [7, 11) is 0. The maximum Gasteiger partial charge on any atom is 0.124 e. The summed E-state index contributed by atoms with van der Waals surface area (Å²) in [5, 5.41) is 0. The predicted octanol–water partition coefficient (Wildman–Crippen LogP) is 3.08. The van der Waals surface area contributed by atoms with Gasteiger partial charge in [-0.25, -0.2) is 4.39 Å². The highest BCUT2D eigenvalue weighted by atomic mass is 32.2. The van der Waals surface area contributed by atoms with E-state index in [1.165, 1.54) is 12.1 Å². The monoisotopic (exact) mass is 197 g/mol. The fourth-order valence-corrected chi connectivity index (χ4v) is 1.82. The van der Waals surface area contributed by atoms with E-state index in [-0.39, 0.29) is 5.82 Å². The SMILES string of the molecule is C=CCCSc1cc(F)ccc1N. The molecule has 0 aliphatic rings. The Morgan fingerprint density at radius 1 is 1.54 bits per heavy atom. The topological polar surface area (TPSA) is 26.0 Å². The molecule has 0 saturated heterocycles. The number of benzene rings is 1. The van der Waals surface area contributed by atoms with Crippen LogP contribution in [-0.2, 0) is 0 Å². The lowest BCUT2D eigenvalue weighted by atomic mass is 10.3. The minimum Gasteiger partial charge on any atom is -0.398 e. The normalized spacial score (nSPS) is 9.92. The molecule has 1 rings (SSSR count). The van der Waals surface area contributed by atoms with Crippen LogP contribution in [0.25, 0.3) is 0 Å². The second kappa shape index (κ2) is 4.92. The highest BCUT2D eigenvalue weighted by Crippen LogP contribution is 2.26. The van der Waals surface area contributed by atoms with E-state index in [1.807, 2.05) is 6.08 Å². The van der Waals surface area contributed by atoms with Gasteiger partial charge in [-0.15, -0.1) is 18.3 Å². The first-order valence-electron chi connectivity index (χ1n) is 4.02. The highest BCUT2D eigenvalue weighted by Gasteiger charge is 2.00. The number of halogens is 1. The number of hydrogen-bond acceptors (Lipinski definition) is 2. The van der Waals surface area contributed by atoms with Gasteiger partial charge in [-0.05, 0) is 24.6 Å². The van der Waals surface area contributed by atoms with Crippen LogP contribution in [0, 0.1) is 5.82 Å². The molecule has 0 bridgehead atoms. The van der Waals surface area contributed by atoms with Crippen molar-refractivity contribution >= 4 is 17.4 Å². The molecule has 1 nitrogen and oxygen atoms in total. The van der Waals surface area contributed by atoms with Crippen LogP contribution >= 0.6 is 11.8 Å². The first kappa shape index (κ1) is 10.1. The molecule has 0 atom stereocenters. The Labute approximate surface area is 81.8 Å². The van der Waals surface area contributed by atoms with E-state index in [0.29, 0.717) is 5.69 Å². The van der Waals surface area contributed by atoms with Gasteiger partial charge in [0.1, 0.15) is 5.82 Å². The number of nitrogen functional groups attached to an aromatic ring is 1. The zero-order chi connectivity index (χ0) is 9.68. The Hall–Kier alpha value is -0.960. The summed E-state index contributed by atoms with van der Waals surface area (Å²) in [5.41, 5.74) is 6.29. The summed E-state index contributed by atoms with van der Waals surface area (Å²) in [4.78, 5) is 0.807. The molecule has 3 heteroatoms. The van der Waals surface area contributed by atoms with Gasteiger partial charge in [-0.3, -0.25) is 0 Å². The third-order valence-electron chi connectivity index (χ3n) is 1.56. The number of thioether (sulfide) groups is 1. The Morgan fingerprint density at radius 2 is 2.31 bits per heavy atom. The highest BCUT2D eigenvalue weighted by molar-refractivity contribution is 7.99. The number of anilines is 1. The third kappa shape index (κ3) is 3.11. The van der Waals surface area contributed by atoms with Gasteiger partial charge >= 0.3 is 0 Å². The molecule has 0 fully saturated rings. The lowest BCUT2D eigenvalue weighted by Gasteiger charge is -2.03. The molecule has 2 N–H and O–H groups in total. The summed E-state index contributed by atoms with van der Waals surface area (Å²) in [6.45, 7) is 3.61. The third-order valence-corrected chi connectivity index (χ3v) is 2.66. The predicted molar refractivity (Wildman–Crippen MR) is 56.4 cm³/mol. The maximum atomic E-state index is 12.8. The molecule has 1 aromatic carbocycles. The van der Waals surface area contributed by atoms with Crippen LogP contribution in [0.15, 0.2) is 35.7 Å². The van der Waals surface area contributed by atoms with Crippen molar-refractivity contribution in [3.8, 4) is 0 Å². The van der Waals surface area contributed by atoms with Crippen LogP contribution in [-0.4, -0.2) is 5.75 Å². The number of rotatable bonds is 4. The van der Waals surface area contributed by atoms with E-state index in [0.717, 1.165) is 17.1 Å². The summed E-state index contributed by atoms with van der Waals surface area (Å²) >= 11 is 1.55. The molecule has 0 aliphatic carbocycles. The Bertz CT molecular complexity index is 299. The summed E-state index contributed by atoms with van der Waals surface area (Å²) in [6.07, 6.45) is 2.74. The average molecular weight is 197 g/mol. The molecule has 0 spiro atoms. The van der Waals surface area contributed by atoms with E-state index in [2.05, 4.69) is 6.58 Å². The van der Waals surface area contributed by atoms with Crippen molar-refractivity contribution in [2.75, 3.05) is 11.5 Å². The van der Waals surface area contributed by atoms with Gasteiger partial charge in [0.25, 0.3) is 0 Å². The van der Waals surface area contributed by atoms with E-state index in [9.17, 15) is 4.39 Å². The van der Waals surface area contributed by atoms with Gasteiger partial charge in [-0.1, -0.05) is 6.08 Å². The van der Waals surface area contributed by atoms with Crippen LogP contribution in [0.2, 0.25) is 0 Å². The lowest BCUT2D eigenvalue weighted by Crippen LogP contribution is -1.90. The number of hydrogen-bond donors (Lipinski definition) is 1. The van der Waals surface area contributed by atoms with Crippen molar-refractivity contribution in [3.05, 3.63) is 36.7 Å². The first-order chi connectivity index (χ1) is 6.24. The van der Waals surface area contributed by atoms with Crippen molar-refractivity contribution < 1.29 is 4.39 Å². The van der Waals surface area contributed by atoms with E-state index < -0.39 is 0 Å². The molecule has 0 amide bonds. The summed E-state index contributed by atoms with van der Waals surface area (Å²) in [6, 6.07) is 4.42. The van der Waals surface area contributed by atoms with Gasteiger partial charge in [0.15, 0.2) is 0 Å². The van der Waals surface area contributed by atoms with Crippen LogP contribution in [0.4, 0.5) is 10.1 Å². The van der Waals surface area contributed by atoms with Gasteiger partial charge in [-0.2, -0.15) is 0 Å². The first-order valence-corrected chi connectivity index (χ1v) is 5.01. The summed E-state index contributed by atoms with van der Waals surface area (Å²) < 4.78 is 12.8. The minimum absolute atomic E-state index is 0.240. The molecule has 0 saturated carbocycles. The molecule has 70 valence electrons. The molecule has 0 unspecified atom stereocenters. The Kier molecular flexibility index (Phi) is 3.83. The van der Waals surface area contributed by atoms with Gasteiger partial charge in [0, 0.05) is 16.3 Å². The van der Waals surface area contributed by atoms with E-state index in [4.69, 9.17) is 5.73 Å². The van der Waals surface area contributed by atoms with Gasteiger partial charge in [0.2, 0.25) is 0 Å². The molecule has 13 heavy (non-hydrogen) atoms. The maximum absolute atomic E-state index is 12.8. The molecule has 0 heterocycles. The quantitative estimate of drug-likeness (QED) is 0.347. The van der Waals surface area contributed by atoms with Crippen molar-refractivity contribution in [1.82, 2.24) is 0 Å². The standard InChI is InChI=1S/C10H12FNS/c1-2-3-6-13-10-7-8(11)4-5-9(10)12/h2,4-5,7H,1,3,6,12H2. The van der Waals surface area contributed by atoms with Crippen LogP contribution in [0.5, 0.6) is 0 Å².